The van der Waals surface area contributed by atoms with Crippen LogP contribution in [0.2, 0.25) is 0 Å². The fraction of sp³-hybridized carbons (Fsp3) is 0.500. The first kappa shape index (κ1) is 18.0. The van der Waals surface area contributed by atoms with E-state index in [1.54, 1.807) is 0 Å². The van der Waals surface area contributed by atoms with E-state index in [1.165, 1.54) is 12.1 Å². The lowest BCUT2D eigenvalue weighted by Gasteiger charge is -2.12. The molecule has 0 saturated carbocycles. The number of rotatable bonds is 8. The Labute approximate surface area is 129 Å². The highest BCUT2D eigenvalue weighted by Crippen LogP contribution is 2.36. The molecular weight excluding hydrogens is 351 g/mol. The van der Waals surface area contributed by atoms with Crippen molar-refractivity contribution in [3.05, 3.63) is 28.2 Å². The van der Waals surface area contributed by atoms with Crippen molar-refractivity contribution in [3.8, 4) is 0 Å². The maximum Gasteiger partial charge on any atom is 0.417 e. The summed E-state index contributed by atoms with van der Waals surface area (Å²) < 4.78 is 38.1. The number of Topliss-reactive ketones (excluding diaryl/α,β-unsaturated/α-hetero) is 1. The number of ketones is 1. The molecule has 1 rings (SSSR count). The van der Waals surface area contributed by atoms with Gasteiger partial charge in [-0.3, -0.25) is 4.79 Å². The number of anilines is 1. The molecule has 7 heteroatoms. The summed E-state index contributed by atoms with van der Waals surface area (Å²) in [5.41, 5.74) is -0.517. The minimum atomic E-state index is -4.44. The topological polar surface area (TPSA) is 49.3 Å². The van der Waals surface area contributed by atoms with Crippen molar-refractivity contribution in [2.24, 2.45) is 0 Å². The van der Waals surface area contributed by atoms with Gasteiger partial charge < -0.3 is 10.4 Å². The van der Waals surface area contributed by atoms with E-state index in [-0.39, 0.29) is 29.1 Å². The number of benzene rings is 1. The van der Waals surface area contributed by atoms with Gasteiger partial charge in [-0.1, -0.05) is 22.4 Å². The summed E-state index contributed by atoms with van der Waals surface area (Å²) in [5, 5.41) is 11.3. The third-order valence-electron chi connectivity index (χ3n) is 2.88. The van der Waals surface area contributed by atoms with Crippen LogP contribution < -0.4 is 5.32 Å². The van der Waals surface area contributed by atoms with E-state index in [9.17, 15) is 18.0 Å². The molecule has 0 heterocycles. The van der Waals surface area contributed by atoms with Crippen molar-refractivity contribution in [3.63, 3.8) is 0 Å². The normalized spacial score (nSPS) is 11.5. The Hall–Kier alpha value is -1.08. The van der Waals surface area contributed by atoms with Crippen LogP contribution in [0.5, 0.6) is 0 Å². The number of hydrogen-bond donors (Lipinski definition) is 2. The van der Waals surface area contributed by atoms with Crippen LogP contribution in [0.3, 0.4) is 0 Å². The summed E-state index contributed by atoms with van der Waals surface area (Å²) in [6.07, 6.45) is -1.99. The van der Waals surface area contributed by atoms with E-state index in [0.717, 1.165) is 12.5 Å². The highest BCUT2D eigenvalue weighted by molar-refractivity contribution is 9.10. The Morgan fingerprint density at radius 2 is 1.95 bits per heavy atom. The molecule has 0 radical (unpaired) electrons. The highest BCUT2D eigenvalue weighted by atomic mass is 79.9. The maximum absolute atomic E-state index is 12.7. The molecule has 0 atom stereocenters. The van der Waals surface area contributed by atoms with E-state index in [0.29, 0.717) is 19.3 Å². The van der Waals surface area contributed by atoms with E-state index in [1.807, 2.05) is 0 Å². The molecule has 0 fully saturated rings. The molecule has 0 unspecified atom stereocenters. The molecule has 1 aromatic rings. The molecule has 0 aliphatic rings. The maximum atomic E-state index is 12.7. The van der Waals surface area contributed by atoms with E-state index >= 15 is 0 Å². The van der Waals surface area contributed by atoms with Crippen LogP contribution in [0.4, 0.5) is 18.9 Å². The van der Waals surface area contributed by atoms with Gasteiger partial charge in [0, 0.05) is 23.2 Å². The Bertz CT molecular complexity index is 478. The smallest absolute Gasteiger partial charge is 0.396 e. The lowest BCUT2D eigenvalue weighted by Crippen LogP contribution is -2.14. The van der Waals surface area contributed by atoms with Crippen molar-refractivity contribution >= 4 is 27.4 Å². The SMILES string of the molecule is O=C(CCCCCO)CNc1ccc(Br)c(C(F)(F)F)c1. The van der Waals surface area contributed by atoms with Crippen LogP contribution in [-0.2, 0) is 11.0 Å². The standard InChI is InChI=1S/C14H17BrF3NO2/c15-13-6-5-10(8-12(13)14(16,17)18)19-9-11(21)4-2-1-3-7-20/h5-6,8,19-20H,1-4,7,9H2. The molecule has 0 saturated heterocycles. The number of alkyl halides is 3. The molecule has 2 N–H and O–H groups in total. The molecule has 0 aliphatic heterocycles. The van der Waals surface area contributed by atoms with Crippen LogP contribution in [-0.4, -0.2) is 24.0 Å². The Morgan fingerprint density at radius 3 is 2.57 bits per heavy atom. The third kappa shape index (κ3) is 6.48. The van der Waals surface area contributed by atoms with E-state index in [2.05, 4.69) is 21.2 Å². The molecule has 118 valence electrons. The van der Waals surface area contributed by atoms with Crippen LogP contribution >= 0.6 is 15.9 Å². The third-order valence-corrected chi connectivity index (χ3v) is 3.57. The van der Waals surface area contributed by atoms with Crippen molar-refractivity contribution < 1.29 is 23.1 Å². The molecule has 0 amide bonds. The number of unbranched alkanes of at least 4 members (excludes halogenated alkanes) is 2. The zero-order valence-electron chi connectivity index (χ0n) is 11.3. The monoisotopic (exact) mass is 367 g/mol. The molecule has 0 bridgehead atoms. The van der Waals surface area contributed by atoms with Crippen LogP contribution in [0.25, 0.3) is 0 Å². The van der Waals surface area contributed by atoms with E-state index in [4.69, 9.17) is 5.11 Å². The second-order valence-corrected chi connectivity index (χ2v) is 5.47. The fourth-order valence-corrected chi connectivity index (χ4v) is 2.22. The lowest BCUT2D eigenvalue weighted by atomic mass is 10.1. The van der Waals surface area contributed by atoms with Gasteiger partial charge in [0.1, 0.15) is 0 Å². The summed E-state index contributed by atoms with van der Waals surface area (Å²) in [6.45, 7) is 0.101. The number of carbonyl (C=O) groups excluding carboxylic acids is 1. The first-order valence-corrected chi connectivity index (χ1v) is 7.37. The summed E-state index contributed by atoms with van der Waals surface area (Å²) in [5.74, 6) is -0.0654. The minimum Gasteiger partial charge on any atom is -0.396 e. The summed E-state index contributed by atoms with van der Waals surface area (Å²) in [6, 6.07) is 3.76. The van der Waals surface area contributed by atoms with Gasteiger partial charge in [0.15, 0.2) is 5.78 Å². The zero-order valence-corrected chi connectivity index (χ0v) is 12.9. The van der Waals surface area contributed by atoms with Gasteiger partial charge in [0.05, 0.1) is 12.1 Å². The van der Waals surface area contributed by atoms with Crippen molar-refractivity contribution in [1.29, 1.82) is 0 Å². The molecule has 21 heavy (non-hydrogen) atoms. The molecule has 0 aromatic heterocycles. The van der Waals surface area contributed by atoms with Gasteiger partial charge in [-0.15, -0.1) is 0 Å². The molecule has 3 nitrogen and oxygen atoms in total. The molecule has 0 spiro atoms. The Kier molecular flexibility index (Phi) is 7.17. The number of nitrogens with one attached hydrogen (secondary N) is 1. The summed E-state index contributed by atoms with van der Waals surface area (Å²) >= 11 is 2.86. The quantitative estimate of drug-likeness (QED) is 0.682. The largest absolute Gasteiger partial charge is 0.417 e. The lowest BCUT2D eigenvalue weighted by molar-refractivity contribution is -0.138. The van der Waals surface area contributed by atoms with E-state index < -0.39 is 11.7 Å². The van der Waals surface area contributed by atoms with Gasteiger partial charge >= 0.3 is 6.18 Å². The number of aliphatic hydroxyl groups is 1. The second kappa shape index (κ2) is 8.38. The van der Waals surface area contributed by atoms with Gasteiger partial charge in [-0.25, -0.2) is 0 Å². The Morgan fingerprint density at radius 1 is 1.24 bits per heavy atom. The predicted molar refractivity (Wildman–Crippen MR) is 78.2 cm³/mol. The van der Waals surface area contributed by atoms with Crippen LogP contribution in [0.15, 0.2) is 22.7 Å². The van der Waals surface area contributed by atoms with Gasteiger partial charge in [-0.05, 0) is 31.0 Å². The molecular formula is C14H17BrF3NO2. The number of carbonyl (C=O) groups is 1. The van der Waals surface area contributed by atoms with Crippen molar-refractivity contribution in [1.82, 2.24) is 0 Å². The predicted octanol–water partition coefficient (Wildman–Crippen LogP) is 4.00. The number of aliphatic hydroxyl groups excluding tert-OH is 1. The average Bonchev–Trinajstić information content (AvgIpc) is 2.41. The van der Waals surface area contributed by atoms with Crippen molar-refractivity contribution in [2.75, 3.05) is 18.5 Å². The molecule has 0 aliphatic carbocycles. The van der Waals surface area contributed by atoms with Crippen LogP contribution in [0.1, 0.15) is 31.2 Å². The summed E-state index contributed by atoms with van der Waals surface area (Å²) in [7, 11) is 0. The molecule has 1 aromatic carbocycles. The Balaban J connectivity index is 2.51. The average molecular weight is 368 g/mol. The number of hydrogen-bond acceptors (Lipinski definition) is 3. The summed E-state index contributed by atoms with van der Waals surface area (Å²) in [4.78, 5) is 11.6. The van der Waals surface area contributed by atoms with Crippen LogP contribution in [0, 0.1) is 0 Å². The van der Waals surface area contributed by atoms with Gasteiger partial charge in [0.25, 0.3) is 0 Å². The minimum absolute atomic E-state index is 0.00193. The van der Waals surface area contributed by atoms with Gasteiger partial charge in [0.2, 0.25) is 0 Å². The first-order valence-electron chi connectivity index (χ1n) is 6.57. The number of halogens is 4. The van der Waals surface area contributed by atoms with Gasteiger partial charge in [-0.2, -0.15) is 13.2 Å². The fourth-order valence-electron chi connectivity index (χ4n) is 1.75. The zero-order chi connectivity index (χ0) is 15.9. The highest BCUT2D eigenvalue weighted by Gasteiger charge is 2.33. The second-order valence-electron chi connectivity index (χ2n) is 4.62. The van der Waals surface area contributed by atoms with Crippen molar-refractivity contribution in [2.45, 2.75) is 31.9 Å². The first-order chi connectivity index (χ1) is 9.84.